The largest absolute Gasteiger partial charge is 0.383 e. The topological polar surface area (TPSA) is 89.7 Å². The molecule has 0 rings (SSSR count). The summed E-state index contributed by atoms with van der Waals surface area (Å²) in [7, 11) is -1.92. The van der Waals surface area contributed by atoms with Crippen molar-refractivity contribution in [2.45, 2.75) is 25.0 Å². The lowest BCUT2D eigenvalue weighted by atomic mass is 10.1. The van der Waals surface area contributed by atoms with Crippen LogP contribution in [0.3, 0.4) is 0 Å². The molecule has 2 N–H and O–H groups in total. The Morgan fingerprint density at radius 1 is 1.33 bits per heavy atom. The minimum Gasteiger partial charge on any atom is -0.383 e. The van der Waals surface area contributed by atoms with Crippen molar-refractivity contribution in [3.63, 3.8) is 0 Å². The molecule has 0 saturated carbocycles. The second-order valence-corrected chi connectivity index (χ2v) is 7.27. The van der Waals surface area contributed by atoms with Gasteiger partial charge in [-0.25, -0.2) is 8.42 Å². The molecule has 0 aliphatic heterocycles. The first-order chi connectivity index (χ1) is 8.18. The summed E-state index contributed by atoms with van der Waals surface area (Å²) in [5, 5.41) is 0. The van der Waals surface area contributed by atoms with Crippen LogP contribution in [0.5, 0.6) is 0 Å². The zero-order chi connectivity index (χ0) is 14.4. The molecule has 0 atom stereocenters. The third-order valence-electron chi connectivity index (χ3n) is 2.93. The van der Waals surface area contributed by atoms with Gasteiger partial charge in [-0.05, 0) is 26.8 Å². The van der Waals surface area contributed by atoms with Gasteiger partial charge in [-0.15, -0.1) is 0 Å². The zero-order valence-corrected chi connectivity index (χ0v) is 12.4. The highest BCUT2D eigenvalue weighted by Gasteiger charge is 2.41. The number of methoxy groups -OCH3 is 1. The van der Waals surface area contributed by atoms with Crippen LogP contribution in [0.4, 0.5) is 0 Å². The Kier molecular flexibility index (Phi) is 6.80. The third kappa shape index (κ3) is 4.55. The van der Waals surface area contributed by atoms with Crippen LogP contribution in [0.25, 0.3) is 0 Å². The summed E-state index contributed by atoms with van der Waals surface area (Å²) in [6.07, 6.45) is 1.71. The summed E-state index contributed by atoms with van der Waals surface area (Å²) in [5.41, 5.74) is 5.41. The molecule has 7 heteroatoms. The minimum atomic E-state index is -3.46. The van der Waals surface area contributed by atoms with Crippen LogP contribution < -0.4 is 5.73 Å². The number of amides is 1. The Labute approximate surface area is 109 Å². The summed E-state index contributed by atoms with van der Waals surface area (Å²) >= 11 is 0. The van der Waals surface area contributed by atoms with Crippen LogP contribution in [0.2, 0.25) is 0 Å². The summed E-state index contributed by atoms with van der Waals surface area (Å²) in [6, 6.07) is 0. The van der Waals surface area contributed by atoms with Crippen LogP contribution in [-0.4, -0.2) is 63.6 Å². The van der Waals surface area contributed by atoms with Crippen molar-refractivity contribution in [2.75, 3.05) is 39.6 Å². The third-order valence-corrected chi connectivity index (χ3v) is 4.96. The highest BCUT2D eigenvalue weighted by Crippen LogP contribution is 2.18. The molecular formula is C11H24N2O4S. The zero-order valence-electron chi connectivity index (χ0n) is 11.6. The molecule has 0 aromatic carbocycles. The lowest BCUT2D eigenvalue weighted by Crippen LogP contribution is -2.51. The molecule has 0 aliphatic carbocycles. The molecule has 108 valence electrons. The van der Waals surface area contributed by atoms with Gasteiger partial charge in [0.25, 0.3) is 0 Å². The molecular weight excluding hydrogens is 256 g/mol. The maximum atomic E-state index is 12.3. The summed E-state index contributed by atoms with van der Waals surface area (Å²) in [6.45, 7) is 4.48. The van der Waals surface area contributed by atoms with Crippen molar-refractivity contribution in [1.29, 1.82) is 0 Å². The van der Waals surface area contributed by atoms with Gasteiger partial charge in [0.2, 0.25) is 5.91 Å². The number of carbonyl (C=O) groups excluding carboxylic acids is 1. The monoisotopic (exact) mass is 280 g/mol. The fourth-order valence-corrected chi connectivity index (χ4v) is 1.78. The standard InChI is InChI=1S/C11H24N2O4S/c1-11(2,18(4,15)16)10(14)13(7-5-6-12)8-9-17-3/h5-9,12H2,1-4H3. The molecule has 18 heavy (non-hydrogen) atoms. The van der Waals surface area contributed by atoms with Gasteiger partial charge in [0.1, 0.15) is 4.75 Å². The van der Waals surface area contributed by atoms with Gasteiger partial charge in [0.05, 0.1) is 6.61 Å². The van der Waals surface area contributed by atoms with Crippen molar-refractivity contribution in [3.8, 4) is 0 Å². The lowest BCUT2D eigenvalue weighted by molar-refractivity contribution is -0.133. The first kappa shape index (κ1) is 17.3. The minimum absolute atomic E-state index is 0.369. The first-order valence-electron chi connectivity index (χ1n) is 5.86. The smallest absolute Gasteiger partial charge is 0.243 e. The van der Waals surface area contributed by atoms with Crippen molar-refractivity contribution >= 4 is 15.7 Å². The summed E-state index contributed by atoms with van der Waals surface area (Å²) in [5.74, 6) is -0.407. The van der Waals surface area contributed by atoms with Crippen molar-refractivity contribution < 1.29 is 17.9 Å². The van der Waals surface area contributed by atoms with Crippen LogP contribution in [0.1, 0.15) is 20.3 Å². The quantitative estimate of drug-likeness (QED) is 0.655. The molecule has 0 aromatic rings. The number of sulfone groups is 1. The maximum absolute atomic E-state index is 12.3. The fourth-order valence-electron chi connectivity index (χ4n) is 1.34. The second-order valence-electron chi connectivity index (χ2n) is 4.71. The lowest BCUT2D eigenvalue weighted by Gasteiger charge is -2.30. The normalized spacial score (nSPS) is 12.5. The van der Waals surface area contributed by atoms with Gasteiger partial charge in [-0.2, -0.15) is 0 Å². The Balaban J connectivity index is 4.93. The summed E-state index contributed by atoms with van der Waals surface area (Å²) in [4.78, 5) is 13.8. The van der Waals surface area contributed by atoms with E-state index in [-0.39, 0.29) is 0 Å². The highest BCUT2D eigenvalue weighted by molar-refractivity contribution is 7.92. The van der Waals surface area contributed by atoms with Gasteiger partial charge >= 0.3 is 0 Å². The number of nitrogens with two attached hydrogens (primary N) is 1. The van der Waals surface area contributed by atoms with Gasteiger partial charge < -0.3 is 15.4 Å². The molecule has 0 aliphatic rings. The fraction of sp³-hybridized carbons (Fsp3) is 0.909. The van der Waals surface area contributed by atoms with Gasteiger partial charge in [0, 0.05) is 26.5 Å². The van der Waals surface area contributed by atoms with E-state index in [2.05, 4.69) is 0 Å². The van der Waals surface area contributed by atoms with Gasteiger partial charge in [0.15, 0.2) is 9.84 Å². The van der Waals surface area contributed by atoms with Gasteiger partial charge in [-0.3, -0.25) is 4.79 Å². The molecule has 0 heterocycles. The Morgan fingerprint density at radius 2 is 1.89 bits per heavy atom. The number of ether oxygens (including phenoxy) is 1. The van der Waals surface area contributed by atoms with Crippen molar-refractivity contribution in [2.24, 2.45) is 5.73 Å². The van der Waals surface area contributed by atoms with Gasteiger partial charge in [-0.1, -0.05) is 0 Å². The molecule has 0 fully saturated rings. The maximum Gasteiger partial charge on any atom is 0.243 e. The highest BCUT2D eigenvalue weighted by atomic mass is 32.2. The Hall–Kier alpha value is -0.660. The molecule has 1 amide bonds. The predicted molar refractivity (Wildman–Crippen MR) is 71.1 cm³/mol. The van der Waals surface area contributed by atoms with Crippen LogP contribution in [0, 0.1) is 0 Å². The number of hydrogen-bond acceptors (Lipinski definition) is 5. The van der Waals surface area contributed by atoms with Crippen LogP contribution in [0.15, 0.2) is 0 Å². The molecule has 0 saturated heterocycles. The molecule has 0 aromatic heterocycles. The molecule has 6 nitrogen and oxygen atoms in total. The van der Waals surface area contributed by atoms with E-state index >= 15 is 0 Å². The van der Waals surface area contributed by atoms with E-state index in [0.29, 0.717) is 32.7 Å². The van der Waals surface area contributed by atoms with E-state index in [1.807, 2.05) is 0 Å². The van der Waals surface area contributed by atoms with Crippen molar-refractivity contribution in [1.82, 2.24) is 4.90 Å². The second kappa shape index (κ2) is 7.06. The van der Waals surface area contributed by atoms with E-state index < -0.39 is 20.5 Å². The predicted octanol–water partition coefficient (Wildman–Crippen LogP) is -0.367. The number of hydrogen-bond donors (Lipinski definition) is 1. The average molecular weight is 280 g/mol. The van der Waals surface area contributed by atoms with Crippen molar-refractivity contribution in [3.05, 3.63) is 0 Å². The molecule has 0 unspecified atom stereocenters. The SMILES string of the molecule is COCCN(CCCN)C(=O)C(C)(C)S(C)(=O)=O. The number of rotatable bonds is 8. The molecule has 0 bridgehead atoms. The first-order valence-corrected chi connectivity index (χ1v) is 7.75. The van der Waals surface area contributed by atoms with Crippen LogP contribution >= 0.6 is 0 Å². The number of carbonyl (C=O) groups is 1. The van der Waals surface area contributed by atoms with E-state index in [9.17, 15) is 13.2 Å². The van der Waals surface area contributed by atoms with E-state index in [1.165, 1.54) is 25.9 Å². The van der Waals surface area contributed by atoms with E-state index in [4.69, 9.17) is 10.5 Å². The Bertz CT molecular complexity index is 357. The average Bonchev–Trinajstić information content (AvgIpc) is 2.27. The molecule has 0 radical (unpaired) electrons. The Morgan fingerprint density at radius 3 is 2.28 bits per heavy atom. The van der Waals surface area contributed by atoms with E-state index in [1.54, 1.807) is 0 Å². The van der Waals surface area contributed by atoms with E-state index in [0.717, 1.165) is 6.26 Å². The molecule has 0 spiro atoms. The summed E-state index contributed by atoms with van der Waals surface area (Å²) < 4.78 is 26.8. The van der Waals surface area contributed by atoms with Crippen LogP contribution in [-0.2, 0) is 19.4 Å². The number of nitrogens with zero attached hydrogens (tertiary/aromatic N) is 1.